The molecule has 0 radical (unpaired) electrons. The van der Waals surface area contributed by atoms with Crippen LogP contribution in [0.3, 0.4) is 0 Å². The van der Waals surface area contributed by atoms with Crippen molar-refractivity contribution in [2.45, 2.75) is 13.0 Å². The summed E-state index contributed by atoms with van der Waals surface area (Å²) in [5.74, 6) is 1.35. The molecular formula is C25H24N2O6S. The summed E-state index contributed by atoms with van der Waals surface area (Å²) in [6.07, 6.45) is 1.75. The quantitative estimate of drug-likeness (QED) is 0.504. The van der Waals surface area contributed by atoms with Crippen molar-refractivity contribution < 1.29 is 23.7 Å². The Balaban J connectivity index is 1.94. The molecule has 8 nitrogen and oxygen atoms in total. The average molecular weight is 481 g/mol. The maximum Gasteiger partial charge on any atom is 0.338 e. The van der Waals surface area contributed by atoms with Crippen molar-refractivity contribution in [2.75, 3.05) is 28.4 Å². The van der Waals surface area contributed by atoms with Crippen LogP contribution in [0, 0.1) is 0 Å². The van der Waals surface area contributed by atoms with E-state index in [0.29, 0.717) is 37.9 Å². The molecule has 3 aromatic rings. The highest BCUT2D eigenvalue weighted by Crippen LogP contribution is 2.31. The molecule has 1 aliphatic rings. The van der Waals surface area contributed by atoms with E-state index in [0.717, 1.165) is 11.1 Å². The molecule has 9 heteroatoms. The van der Waals surface area contributed by atoms with Crippen LogP contribution in [0.5, 0.6) is 17.2 Å². The van der Waals surface area contributed by atoms with E-state index in [-0.39, 0.29) is 5.56 Å². The Labute approximate surface area is 200 Å². The number of allylic oxidation sites excluding steroid dienone is 1. The van der Waals surface area contributed by atoms with Crippen LogP contribution in [0.25, 0.3) is 6.08 Å². The fourth-order valence-corrected chi connectivity index (χ4v) is 4.91. The first-order valence-corrected chi connectivity index (χ1v) is 11.2. The molecule has 2 heterocycles. The summed E-state index contributed by atoms with van der Waals surface area (Å²) >= 11 is 1.25. The van der Waals surface area contributed by atoms with Gasteiger partial charge in [0.25, 0.3) is 5.56 Å². The summed E-state index contributed by atoms with van der Waals surface area (Å²) in [7, 11) is 6.03. The number of carbonyl (C=O) groups is 1. The lowest BCUT2D eigenvalue weighted by molar-refractivity contribution is -0.136. The first kappa shape index (κ1) is 23.3. The van der Waals surface area contributed by atoms with Gasteiger partial charge < -0.3 is 18.9 Å². The smallest absolute Gasteiger partial charge is 0.338 e. The number of benzene rings is 2. The van der Waals surface area contributed by atoms with Gasteiger partial charge >= 0.3 is 5.97 Å². The third-order valence-electron chi connectivity index (χ3n) is 5.59. The molecule has 1 aromatic heterocycles. The molecular weight excluding hydrogens is 456 g/mol. The van der Waals surface area contributed by atoms with Crippen LogP contribution < -0.4 is 29.1 Å². The lowest BCUT2D eigenvalue weighted by Crippen LogP contribution is -2.39. The molecule has 4 rings (SSSR count). The molecule has 1 aliphatic heterocycles. The van der Waals surface area contributed by atoms with Crippen molar-refractivity contribution in [1.82, 2.24) is 4.57 Å². The predicted molar refractivity (Wildman–Crippen MR) is 128 cm³/mol. The fraction of sp³-hybridized carbons (Fsp3) is 0.240. The maximum atomic E-state index is 13.6. The highest BCUT2D eigenvalue weighted by molar-refractivity contribution is 7.07. The number of ether oxygens (including phenoxy) is 4. The number of hydrogen-bond donors (Lipinski definition) is 0. The molecule has 0 amide bonds. The number of fused-ring (bicyclic) bond motifs is 1. The number of thiazole rings is 1. The van der Waals surface area contributed by atoms with Crippen LogP contribution in [0.2, 0.25) is 0 Å². The summed E-state index contributed by atoms with van der Waals surface area (Å²) in [5.41, 5.74) is 2.01. The van der Waals surface area contributed by atoms with Crippen LogP contribution in [-0.4, -0.2) is 39.0 Å². The van der Waals surface area contributed by atoms with Gasteiger partial charge in [0.15, 0.2) is 4.80 Å². The van der Waals surface area contributed by atoms with Crippen LogP contribution in [0.15, 0.2) is 63.5 Å². The minimum absolute atomic E-state index is 0.267. The Hall–Kier alpha value is -3.85. The molecule has 0 fully saturated rings. The Kier molecular flexibility index (Phi) is 6.56. The van der Waals surface area contributed by atoms with Crippen LogP contribution in [0.1, 0.15) is 24.1 Å². The summed E-state index contributed by atoms with van der Waals surface area (Å²) in [6, 6.07) is 11.9. The van der Waals surface area contributed by atoms with E-state index >= 15 is 0 Å². The first-order valence-electron chi connectivity index (χ1n) is 10.4. The molecule has 176 valence electrons. The second-order valence-electron chi connectivity index (χ2n) is 7.45. The Morgan fingerprint density at radius 2 is 1.68 bits per heavy atom. The van der Waals surface area contributed by atoms with Gasteiger partial charge in [0.05, 0.1) is 50.3 Å². The van der Waals surface area contributed by atoms with Gasteiger partial charge in [0.2, 0.25) is 0 Å². The lowest BCUT2D eigenvalue weighted by atomic mass is 9.96. The number of carbonyl (C=O) groups excluding carboxylic acids is 1. The fourth-order valence-electron chi connectivity index (χ4n) is 3.87. The summed E-state index contributed by atoms with van der Waals surface area (Å²) in [6.45, 7) is 1.74. The minimum atomic E-state index is -0.686. The van der Waals surface area contributed by atoms with Crippen molar-refractivity contribution in [3.8, 4) is 17.2 Å². The van der Waals surface area contributed by atoms with E-state index in [1.165, 1.54) is 23.0 Å². The van der Waals surface area contributed by atoms with E-state index in [2.05, 4.69) is 4.99 Å². The SMILES string of the molecule is COC(=O)C1=C(C)N=c2sc(=Cc3ccc(OC)cc3OC)c(=O)n2C1c1ccc(OC)cc1. The van der Waals surface area contributed by atoms with Crippen molar-refractivity contribution >= 4 is 23.4 Å². The van der Waals surface area contributed by atoms with Gasteiger partial charge in [-0.3, -0.25) is 9.36 Å². The van der Waals surface area contributed by atoms with Crippen LogP contribution >= 0.6 is 11.3 Å². The second-order valence-corrected chi connectivity index (χ2v) is 8.46. The van der Waals surface area contributed by atoms with Crippen LogP contribution in [0.4, 0.5) is 0 Å². The van der Waals surface area contributed by atoms with Crippen molar-refractivity contribution in [2.24, 2.45) is 4.99 Å². The molecule has 0 saturated heterocycles. The van der Waals surface area contributed by atoms with Gasteiger partial charge in [-0.05, 0) is 42.8 Å². The second kappa shape index (κ2) is 9.56. The van der Waals surface area contributed by atoms with Gasteiger partial charge in [-0.25, -0.2) is 9.79 Å². The van der Waals surface area contributed by atoms with E-state index in [4.69, 9.17) is 18.9 Å². The van der Waals surface area contributed by atoms with E-state index in [9.17, 15) is 9.59 Å². The van der Waals surface area contributed by atoms with Gasteiger partial charge in [0, 0.05) is 11.6 Å². The maximum absolute atomic E-state index is 13.6. The van der Waals surface area contributed by atoms with Crippen LogP contribution in [-0.2, 0) is 9.53 Å². The highest BCUT2D eigenvalue weighted by Gasteiger charge is 2.33. The zero-order valence-corrected chi connectivity index (χ0v) is 20.3. The third-order valence-corrected chi connectivity index (χ3v) is 6.57. The largest absolute Gasteiger partial charge is 0.497 e. The average Bonchev–Trinajstić information content (AvgIpc) is 3.17. The molecule has 1 unspecified atom stereocenters. The van der Waals surface area contributed by atoms with Crippen molar-refractivity contribution in [1.29, 1.82) is 0 Å². The standard InChI is InChI=1S/C25H24N2O6S/c1-14-21(24(29)33-5)22(15-6-9-17(30-2)10-7-15)27-23(28)20(34-25(27)26-14)12-16-8-11-18(31-3)13-19(16)32-4/h6-13,22H,1-5H3. The molecule has 34 heavy (non-hydrogen) atoms. The molecule has 1 atom stereocenters. The molecule has 0 N–H and O–H groups in total. The highest BCUT2D eigenvalue weighted by atomic mass is 32.1. The van der Waals surface area contributed by atoms with E-state index in [1.54, 1.807) is 58.6 Å². The summed E-state index contributed by atoms with van der Waals surface area (Å²) < 4.78 is 23.0. The number of esters is 1. The third kappa shape index (κ3) is 4.10. The number of aromatic nitrogens is 1. The molecule has 0 spiro atoms. The Morgan fingerprint density at radius 3 is 2.29 bits per heavy atom. The molecule has 2 aromatic carbocycles. The van der Waals surface area contributed by atoms with Gasteiger partial charge in [0.1, 0.15) is 17.2 Å². The minimum Gasteiger partial charge on any atom is -0.497 e. The number of methoxy groups -OCH3 is 4. The van der Waals surface area contributed by atoms with Gasteiger partial charge in [-0.15, -0.1) is 0 Å². The Morgan fingerprint density at radius 1 is 1.00 bits per heavy atom. The Bertz CT molecular complexity index is 1450. The summed E-state index contributed by atoms with van der Waals surface area (Å²) in [5, 5.41) is 0. The van der Waals surface area contributed by atoms with E-state index < -0.39 is 12.0 Å². The predicted octanol–water partition coefficient (Wildman–Crippen LogP) is 2.43. The summed E-state index contributed by atoms with van der Waals surface area (Å²) in [4.78, 5) is 31.4. The van der Waals surface area contributed by atoms with Gasteiger partial charge in [-0.2, -0.15) is 0 Å². The van der Waals surface area contributed by atoms with E-state index in [1.807, 2.05) is 18.2 Å². The zero-order valence-electron chi connectivity index (χ0n) is 19.4. The molecule has 0 saturated carbocycles. The number of nitrogens with zero attached hydrogens (tertiary/aromatic N) is 2. The number of rotatable bonds is 6. The van der Waals surface area contributed by atoms with Crippen molar-refractivity contribution in [3.05, 3.63) is 84.5 Å². The first-order chi connectivity index (χ1) is 16.4. The van der Waals surface area contributed by atoms with Crippen molar-refractivity contribution in [3.63, 3.8) is 0 Å². The number of hydrogen-bond acceptors (Lipinski definition) is 8. The molecule has 0 aliphatic carbocycles. The lowest BCUT2D eigenvalue weighted by Gasteiger charge is -2.24. The monoisotopic (exact) mass is 480 g/mol. The normalized spacial score (nSPS) is 15.4. The molecule has 0 bridgehead atoms. The van der Waals surface area contributed by atoms with Gasteiger partial charge in [-0.1, -0.05) is 23.5 Å². The topological polar surface area (TPSA) is 88.4 Å². The zero-order chi connectivity index (χ0) is 24.4.